The SMILES string of the molecule is Cc1cccc(C[C@@H](NC(=O)OC(C)(C)C)C(=O)[O-])c1. The maximum Gasteiger partial charge on any atom is 0.408 e. The van der Waals surface area contributed by atoms with Crippen LogP contribution >= 0.6 is 0 Å². The van der Waals surface area contributed by atoms with Gasteiger partial charge in [-0.1, -0.05) is 29.8 Å². The van der Waals surface area contributed by atoms with Crippen molar-refractivity contribution < 1.29 is 19.4 Å². The fourth-order valence-electron chi connectivity index (χ4n) is 1.72. The van der Waals surface area contributed by atoms with Crippen LogP contribution in [0.3, 0.4) is 0 Å². The molecule has 1 N–H and O–H groups in total. The largest absolute Gasteiger partial charge is 0.548 e. The molecule has 0 bridgehead atoms. The van der Waals surface area contributed by atoms with Gasteiger partial charge in [-0.2, -0.15) is 0 Å². The zero-order valence-corrected chi connectivity index (χ0v) is 12.2. The predicted octanol–water partition coefficient (Wildman–Crippen LogP) is 1.18. The van der Waals surface area contributed by atoms with E-state index in [0.29, 0.717) is 0 Å². The first-order chi connectivity index (χ1) is 9.17. The highest BCUT2D eigenvalue weighted by molar-refractivity contribution is 5.79. The molecular weight excluding hydrogens is 258 g/mol. The van der Waals surface area contributed by atoms with Crippen LogP contribution in [0.15, 0.2) is 24.3 Å². The lowest BCUT2D eigenvalue weighted by molar-refractivity contribution is -0.308. The summed E-state index contributed by atoms with van der Waals surface area (Å²) < 4.78 is 5.04. The number of nitrogens with one attached hydrogen (secondary N) is 1. The van der Waals surface area contributed by atoms with E-state index in [4.69, 9.17) is 4.74 Å². The Morgan fingerprint density at radius 2 is 2.00 bits per heavy atom. The van der Waals surface area contributed by atoms with Crippen LogP contribution in [0.25, 0.3) is 0 Å². The van der Waals surface area contributed by atoms with Gasteiger partial charge in [-0.25, -0.2) is 4.79 Å². The third kappa shape index (κ3) is 5.73. The summed E-state index contributed by atoms with van der Waals surface area (Å²) in [6, 6.07) is 6.31. The molecule has 5 heteroatoms. The van der Waals surface area contributed by atoms with E-state index in [1.165, 1.54) is 0 Å². The topological polar surface area (TPSA) is 78.5 Å². The molecule has 1 rings (SSSR count). The van der Waals surface area contributed by atoms with Crippen molar-refractivity contribution in [1.82, 2.24) is 5.32 Å². The zero-order chi connectivity index (χ0) is 15.3. The summed E-state index contributed by atoms with van der Waals surface area (Å²) in [5, 5.41) is 13.4. The summed E-state index contributed by atoms with van der Waals surface area (Å²) >= 11 is 0. The first-order valence-corrected chi connectivity index (χ1v) is 6.43. The van der Waals surface area contributed by atoms with Crippen molar-refractivity contribution in [1.29, 1.82) is 0 Å². The van der Waals surface area contributed by atoms with Crippen LogP contribution in [0.4, 0.5) is 4.79 Å². The van der Waals surface area contributed by atoms with E-state index in [0.717, 1.165) is 11.1 Å². The van der Waals surface area contributed by atoms with Crippen LogP contribution in [0, 0.1) is 6.92 Å². The highest BCUT2D eigenvalue weighted by Gasteiger charge is 2.20. The van der Waals surface area contributed by atoms with Gasteiger partial charge in [-0.15, -0.1) is 0 Å². The van der Waals surface area contributed by atoms with Crippen molar-refractivity contribution >= 4 is 12.1 Å². The van der Waals surface area contributed by atoms with Crippen LogP contribution in [-0.2, 0) is 16.0 Å². The van der Waals surface area contributed by atoms with E-state index in [2.05, 4.69) is 5.32 Å². The molecule has 0 aliphatic rings. The second-order valence-corrected chi connectivity index (χ2v) is 5.71. The molecule has 1 aromatic rings. The van der Waals surface area contributed by atoms with Crippen molar-refractivity contribution in [3.05, 3.63) is 35.4 Å². The monoisotopic (exact) mass is 278 g/mol. The first-order valence-electron chi connectivity index (χ1n) is 6.43. The third-order valence-electron chi connectivity index (χ3n) is 2.50. The second-order valence-electron chi connectivity index (χ2n) is 5.71. The second kappa shape index (κ2) is 6.41. The molecule has 20 heavy (non-hydrogen) atoms. The summed E-state index contributed by atoms with van der Waals surface area (Å²) in [5.41, 5.74) is 1.16. The molecule has 1 atom stereocenters. The lowest BCUT2D eigenvalue weighted by atomic mass is 10.0. The summed E-state index contributed by atoms with van der Waals surface area (Å²) in [4.78, 5) is 22.7. The van der Waals surface area contributed by atoms with Gasteiger partial charge < -0.3 is 20.0 Å². The molecule has 1 aromatic carbocycles. The minimum atomic E-state index is -1.34. The number of hydrogen-bond donors (Lipinski definition) is 1. The Morgan fingerprint density at radius 3 is 2.50 bits per heavy atom. The summed E-state index contributed by atoms with van der Waals surface area (Å²) in [5.74, 6) is -1.34. The van der Waals surface area contributed by atoms with Gasteiger partial charge in [-0.05, 0) is 39.7 Å². The van der Waals surface area contributed by atoms with Gasteiger partial charge in [-0.3, -0.25) is 0 Å². The molecule has 0 saturated heterocycles. The lowest BCUT2D eigenvalue weighted by Gasteiger charge is -2.24. The van der Waals surface area contributed by atoms with E-state index in [-0.39, 0.29) is 6.42 Å². The number of benzene rings is 1. The molecule has 0 aromatic heterocycles. The van der Waals surface area contributed by atoms with E-state index >= 15 is 0 Å². The van der Waals surface area contributed by atoms with Crippen LogP contribution in [-0.4, -0.2) is 23.7 Å². The number of rotatable bonds is 4. The Balaban J connectivity index is 2.71. The van der Waals surface area contributed by atoms with Gasteiger partial charge in [0.15, 0.2) is 0 Å². The molecule has 110 valence electrons. The van der Waals surface area contributed by atoms with Crippen molar-refractivity contribution in [3.63, 3.8) is 0 Å². The number of carbonyl (C=O) groups excluding carboxylic acids is 2. The average molecular weight is 278 g/mol. The fraction of sp³-hybridized carbons (Fsp3) is 0.467. The molecule has 0 heterocycles. The van der Waals surface area contributed by atoms with E-state index in [9.17, 15) is 14.7 Å². The van der Waals surface area contributed by atoms with Crippen molar-refractivity contribution in [2.24, 2.45) is 0 Å². The maximum absolute atomic E-state index is 11.6. The van der Waals surface area contributed by atoms with Gasteiger partial charge >= 0.3 is 6.09 Å². The van der Waals surface area contributed by atoms with Crippen molar-refractivity contribution in [2.45, 2.75) is 45.8 Å². The van der Waals surface area contributed by atoms with Crippen LogP contribution in [0.1, 0.15) is 31.9 Å². The number of carboxylic acids is 1. The Morgan fingerprint density at radius 1 is 1.35 bits per heavy atom. The summed E-state index contributed by atoms with van der Waals surface area (Å²) in [6.07, 6.45) is -0.608. The normalized spacial score (nSPS) is 12.6. The number of amides is 1. The molecule has 0 saturated carbocycles. The number of carbonyl (C=O) groups is 2. The molecule has 1 amide bonds. The van der Waals surface area contributed by atoms with Crippen molar-refractivity contribution in [2.75, 3.05) is 0 Å². The van der Waals surface area contributed by atoms with E-state index in [1.54, 1.807) is 26.8 Å². The Hall–Kier alpha value is -2.04. The predicted molar refractivity (Wildman–Crippen MR) is 73.0 cm³/mol. The van der Waals surface area contributed by atoms with Gasteiger partial charge in [0.25, 0.3) is 0 Å². The van der Waals surface area contributed by atoms with Gasteiger partial charge in [0, 0.05) is 0 Å². The molecular formula is C15H20NO4-. The Bertz CT molecular complexity index is 491. The fourth-order valence-corrected chi connectivity index (χ4v) is 1.72. The highest BCUT2D eigenvalue weighted by atomic mass is 16.6. The number of alkyl carbamates (subject to hydrolysis) is 1. The molecule has 0 unspecified atom stereocenters. The van der Waals surface area contributed by atoms with Crippen LogP contribution in [0.2, 0.25) is 0 Å². The molecule has 5 nitrogen and oxygen atoms in total. The minimum Gasteiger partial charge on any atom is -0.548 e. The summed E-state index contributed by atoms with van der Waals surface area (Å²) in [7, 11) is 0. The molecule has 0 aliphatic heterocycles. The van der Waals surface area contributed by atoms with Gasteiger partial charge in [0.2, 0.25) is 0 Å². The lowest BCUT2D eigenvalue weighted by Crippen LogP contribution is -2.50. The number of ether oxygens (including phenoxy) is 1. The highest BCUT2D eigenvalue weighted by Crippen LogP contribution is 2.09. The number of carboxylic acid groups (broad SMARTS) is 1. The first kappa shape index (κ1) is 16.0. The van der Waals surface area contributed by atoms with E-state index in [1.807, 2.05) is 25.1 Å². The molecule has 0 spiro atoms. The number of hydrogen-bond acceptors (Lipinski definition) is 4. The van der Waals surface area contributed by atoms with E-state index < -0.39 is 23.7 Å². The average Bonchev–Trinajstić information content (AvgIpc) is 2.25. The minimum absolute atomic E-state index is 0.156. The standard InChI is InChI=1S/C15H21NO4/c1-10-6-5-7-11(8-10)9-12(13(17)18)16-14(19)20-15(2,3)4/h5-8,12H,9H2,1-4H3,(H,16,19)(H,17,18)/p-1/t12-/m1/s1. The van der Waals surface area contributed by atoms with Crippen LogP contribution < -0.4 is 10.4 Å². The van der Waals surface area contributed by atoms with Gasteiger partial charge in [0.05, 0.1) is 12.0 Å². The smallest absolute Gasteiger partial charge is 0.408 e. The third-order valence-corrected chi connectivity index (χ3v) is 2.50. The van der Waals surface area contributed by atoms with Crippen LogP contribution in [0.5, 0.6) is 0 Å². The zero-order valence-electron chi connectivity index (χ0n) is 12.2. The van der Waals surface area contributed by atoms with Crippen molar-refractivity contribution in [3.8, 4) is 0 Å². The Labute approximate surface area is 118 Å². The summed E-state index contributed by atoms with van der Waals surface area (Å²) in [6.45, 7) is 7.04. The molecule has 0 fully saturated rings. The quantitative estimate of drug-likeness (QED) is 0.897. The number of aliphatic carboxylic acids is 1. The van der Waals surface area contributed by atoms with Gasteiger partial charge in [0.1, 0.15) is 5.60 Å². The molecule has 0 aliphatic carbocycles. The number of aryl methyl sites for hydroxylation is 1. The maximum atomic E-state index is 11.6. The Kier molecular flexibility index (Phi) is 5.13. The molecule has 0 radical (unpaired) electrons.